The number of rotatable bonds is 5. The quantitative estimate of drug-likeness (QED) is 0.906. The lowest BCUT2D eigenvalue weighted by molar-refractivity contribution is -0.137. The van der Waals surface area contributed by atoms with Gasteiger partial charge in [-0.2, -0.15) is 0 Å². The number of aromatic nitrogens is 1. The van der Waals surface area contributed by atoms with Gasteiger partial charge in [0.2, 0.25) is 0 Å². The molecule has 104 valence electrons. The fraction of sp³-hybridized carbons (Fsp3) is 0.250. The van der Waals surface area contributed by atoms with Crippen molar-refractivity contribution < 1.29 is 9.90 Å². The number of benzene rings is 1. The highest BCUT2D eigenvalue weighted by Gasteiger charge is 2.24. The third-order valence-electron chi connectivity index (χ3n) is 3.30. The largest absolute Gasteiger partial charge is 0.480 e. The van der Waals surface area contributed by atoms with Crippen molar-refractivity contribution in [1.29, 1.82) is 0 Å². The van der Waals surface area contributed by atoms with Gasteiger partial charge >= 0.3 is 5.97 Å². The van der Waals surface area contributed by atoms with Gasteiger partial charge in [0.15, 0.2) is 0 Å². The van der Waals surface area contributed by atoms with Crippen LogP contribution in [-0.4, -0.2) is 22.1 Å². The molecular weight excluding hydrogens is 252 g/mol. The van der Waals surface area contributed by atoms with Gasteiger partial charge in [-0.15, -0.1) is 0 Å². The monoisotopic (exact) mass is 270 g/mol. The van der Waals surface area contributed by atoms with Crippen molar-refractivity contribution >= 4 is 17.3 Å². The van der Waals surface area contributed by atoms with Crippen LogP contribution in [0.1, 0.15) is 19.4 Å². The zero-order chi connectivity index (χ0) is 14.5. The summed E-state index contributed by atoms with van der Waals surface area (Å²) in [5.41, 5.74) is 2.81. The smallest absolute Gasteiger partial charge is 0.326 e. The number of carboxylic acids is 1. The van der Waals surface area contributed by atoms with E-state index in [9.17, 15) is 9.90 Å². The fourth-order valence-corrected chi connectivity index (χ4v) is 2.22. The molecule has 0 spiro atoms. The Bertz CT molecular complexity index is 584. The molecule has 0 saturated heterocycles. The maximum absolute atomic E-state index is 11.4. The Balaban J connectivity index is 2.55. The summed E-state index contributed by atoms with van der Waals surface area (Å²) in [6.45, 7) is 3.74. The minimum atomic E-state index is -0.861. The highest BCUT2D eigenvalue weighted by Crippen LogP contribution is 2.30. The molecule has 0 amide bonds. The van der Waals surface area contributed by atoms with E-state index < -0.39 is 12.0 Å². The van der Waals surface area contributed by atoms with Gasteiger partial charge in [-0.1, -0.05) is 25.1 Å². The van der Waals surface area contributed by atoms with E-state index in [2.05, 4.69) is 11.9 Å². The third kappa shape index (κ3) is 2.79. The SMILES string of the molecule is CCc1ccccc1N(c1cccnc1)[C@@H](C)C(=O)O. The summed E-state index contributed by atoms with van der Waals surface area (Å²) in [5, 5.41) is 9.38. The number of hydrogen-bond acceptors (Lipinski definition) is 3. The number of carboxylic acid groups (broad SMARTS) is 1. The Kier molecular flexibility index (Phi) is 4.35. The first-order valence-electron chi connectivity index (χ1n) is 6.65. The van der Waals surface area contributed by atoms with Crippen LogP contribution in [-0.2, 0) is 11.2 Å². The Morgan fingerprint density at radius 2 is 2.05 bits per heavy atom. The molecule has 1 aromatic carbocycles. The van der Waals surface area contributed by atoms with Crippen LogP contribution in [0.15, 0.2) is 48.8 Å². The van der Waals surface area contributed by atoms with Gasteiger partial charge in [0.1, 0.15) is 6.04 Å². The maximum Gasteiger partial charge on any atom is 0.326 e. The van der Waals surface area contributed by atoms with Gasteiger partial charge in [0.05, 0.1) is 11.9 Å². The van der Waals surface area contributed by atoms with Gasteiger partial charge < -0.3 is 10.0 Å². The summed E-state index contributed by atoms with van der Waals surface area (Å²) in [7, 11) is 0. The first-order valence-corrected chi connectivity index (χ1v) is 6.65. The summed E-state index contributed by atoms with van der Waals surface area (Å²) >= 11 is 0. The van der Waals surface area contributed by atoms with E-state index >= 15 is 0 Å². The van der Waals surface area contributed by atoms with Crippen molar-refractivity contribution in [3.05, 3.63) is 54.4 Å². The Labute approximate surface area is 118 Å². The number of aryl methyl sites for hydroxylation is 1. The van der Waals surface area contributed by atoms with Crippen LogP contribution in [0.5, 0.6) is 0 Å². The van der Waals surface area contributed by atoms with Crippen LogP contribution in [0.2, 0.25) is 0 Å². The minimum Gasteiger partial charge on any atom is -0.480 e. The number of para-hydroxylation sites is 1. The van der Waals surface area contributed by atoms with E-state index in [1.54, 1.807) is 19.3 Å². The summed E-state index contributed by atoms with van der Waals surface area (Å²) in [4.78, 5) is 17.3. The molecule has 1 atom stereocenters. The van der Waals surface area contributed by atoms with E-state index in [4.69, 9.17) is 0 Å². The number of nitrogens with zero attached hydrogens (tertiary/aromatic N) is 2. The van der Waals surface area contributed by atoms with Crippen molar-refractivity contribution in [3.8, 4) is 0 Å². The van der Waals surface area contributed by atoms with Crippen LogP contribution in [0.4, 0.5) is 11.4 Å². The second kappa shape index (κ2) is 6.19. The van der Waals surface area contributed by atoms with Crippen LogP contribution < -0.4 is 4.90 Å². The second-order valence-corrected chi connectivity index (χ2v) is 4.58. The molecule has 0 saturated carbocycles. The van der Waals surface area contributed by atoms with Crippen molar-refractivity contribution in [2.75, 3.05) is 4.90 Å². The third-order valence-corrected chi connectivity index (χ3v) is 3.30. The summed E-state index contributed by atoms with van der Waals surface area (Å²) in [6.07, 6.45) is 4.21. The van der Waals surface area contributed by atoms with Crippen LogP contribution in [0.3, 0.4) is 0 Å². The van der Waals surface area contributed by atoms with E-state index in [-0.39, 0.29) is 0 Å². The zero-order valence-electron chi connectivity index (χ0n) is 11.7. The molecule has 2 rings (SSSR count). The van der Waals surface area contributed by atoms with Crippen LogP contribution in [0, 0.1) is 0 Å². The Morgan fingerprint density at radius 1 is 1.30 bits per heavy atom. The predicted octanol–water partition coefficient (Wildman–Crippen LogP) is 3.26. The standard InChI is InChI=1S/C16H18N2O2/c1-3-13-7-4-5-9-15(13)18(12(2)16(19)20)14-8-6-10-17-11-14/h4-12H,3H2,1-2H3,(H,19,20)/t12-/m0/s1. The molecule has 0 fully saturated rings. The van der Waals surface area contributed by atoms with E-state index in [1.165, 1.54) is 0 Å². The molecule has 0 radical (unpaired) electrons. The molecule has 0 aliphatic heterocycles. The molecule has 2 aromatic rings. The zero-order valence-corrected chi connectivity index (χ0v) is 11.7. The Morgan fingerprint density at radius 3 is 2.65 bits per heavy atom. The first-order chi connectivity index (χ1) is 9.65. The lowest BCUT2D eigenvalue weighted by Gasteiger charge is -2.30. The Hall–Kier alpha value is -2.36. The molecule has 4 nitrogen and oxygen atoms in total. The van der Waals surface area contributed by atoms with Gasteiger partial charge in [-0.05, 0) is 37.1 Å². The average Bonchev–Trinajstić information content (AvgIpc) is 2.49. The molecule has 0 bridgehead atoms. The van der Waals surface area contributed by atoms with Gasteiger partial charge in [-0.3, -0.25) is 4.98 Å². The first kappa shape index (κ1) is 14.1. The van der Waals surface area contributed by atoms with Crippen molar-refractivity contribution in [2.45, 2.75) is 26.3 Å². The summed E-state index contributed by atoms with van der Waals surface area (Å²) < 4.78 is 0. The lowest BCUT2D eigenvalue weighted by atomic mass is 10.1. The van der Waals surface area contributed by atoms with Gasteiger partial charge in [-0.25, -0.2) is 4.79 Å². The summed E-state index contributed by atoms with van der Waals surface area (Å²) in [6, 6.07) is 10.9. The topological polar surface area (TPSA) is 53.4 Å². The molecule has 1 aromatic heterocycles. The highest BCUT2D eigenvalue weighted by atomic mass is 16.4. The molecule has 0 unspecified atom stereocenters. The second-order valence-electron chi connectivity index (χ2n) is 4.58. The van der Waals surface area contributed by atoms with Gasteiger partial charge in [0.25, 0.3) is 0 Å². The maximum atomic E-state index is 11.4. The van der Waals surface area contributed by atoms with Gasteiger partial charge in [0, 0.05) is 11.9 Å². The average molecular weight is 270 g/mol. The van der Waals surface area contributed by atoms with Crippen molar-refractivity contribution in [2.24, 2.45) is 0 Å². The summed E-state index contributed by atoms with van der Waals surface area (Å²) in [5.74, 6) is -0.861. The molecule has 4 heteroatoms. The minimum absolute atomic E-state index is 0.660. The van der Waals surface area contributed by atoms with Crippen molar-refractivity contribution in [1.82, 2.24) is 4.98 Å². The number of aliphatic carboxylic acids is 1. The van der Waals surface area contributed by atoms with E-state index in [0.29, 0.717) is 0 Å². The number of carbonyl (C=O) groups is 1. The number of hydrogen-bond donors (Lipinski definition) is 1. The van der Waals surface area contributed by atoms with Crippen LogP contribution >= 0.6 is 0 Å². The predicted molar refractivity (Wildman–Crippen MR) is 79.3 cm³/mol. The van der Waals surface area contributed by atoms with Crippen LogP contribution in [0.25, 0.3) is 0 Å². The highest BCUT2D eigenvalue weighted by molar-refractivity contribution is 5.82. The fourth-order valence-electron chi connectivity index (χ4n) is 2.22. The lowest BCUT2D eigenvalue weighted by Crippen LogP contribution is -2.36. The molecule has 20 heavy (non-hydrogen) atoms. The molecule has 1 N–H and O–H groups in total. The normalized spacial score (nSPS) is 11.9. The molecule has 0 aliphatic rings. The molecular formula is C16H18N2O2. The number of anilines is 2. The van der Waals surface area contributed by atoms with E-state index in [1.807, 2.05) is 41.3 Å². The van der Waals surface area contributed by atoms with E-state index in [0.717, 1.165) is 23.4 Å². The van der Waals surface area contributed by atoms with Crippen molar-refractivity contribution in [3.63, 3.8) is 0 Å². The number of pyridine rings is 1. The molecule has 0 aliphatic carbocycles. The molecule has 1 heterocycles.